The molecule has 1 heteroatoms. The summed E-state index contributed by atoms with van der Waals surface area (Å²) in [6, 6.07) is 9.65. The van der Waals surface area contributed by atoms with Crippen molar-refractivity contribution in [2.75, 3.05) is 0 Å². The second-order valence-corrected chi connectivity index (χ2v) is 12.6. The van der Waals surface area contributed by atoms with E-state index in [4.69, 9.17) is 0 Å². The van der Waals surface area contributed by atoms with E-state index in [9.17, 15) is 4.79 Å². The molecule has 0 radical (unpaired) electrons. The molecular formula is C33H48O. The Morgan fingerprint density at radius 2 is 0.735 bits per heavy atom. The molecule has 0 unspecified atom stereocenters. The quantitative estimate of drug-likeness (QED) is 0.383. The molecule has 3 rings (SSSR count). The minimum absolute atomic E-state index is 0.372. The second-order valence-electron chi connectivity index (χ2n) is 12.6. The van der Waals surface area contributed by atoms with Crippen LogP contribution in [-0.4, -0.2) is 5.78 Å². The number of ketones is 1. The Kier molecular flexibility index (Phi) is 7.57. The topological polar surface area (TPSA) is 17.1 Å². The first-order valence-corrected chi connectivity index (χ1v) is 13.6. The summed E-state index contributed by atoms with van der Waals surface area (Å²) >= 11 is 0. The fraction of sp³-hybridized carbons (Fsp3) is 0.606. The van der Waals surface area contributed by atoms with Gasteiger partial charge in [-0.15, -0.1) is 0 Å². The van der Waals surface area contributed by atoms with Gasteiger partial charge in [0, 0.05) is 6.42 Å². The molecule has 0 bridgehead atoms. The highest BCUT2D eigenvalue weighted by Crippen LogP contribution is 2.58. The van der Waals surface area contributed by atoms with Crippen LogP contribution in [0.15, 0.2) is 24.3 Å². The summed E-state index contributed by atoms with van der Waals surface area (Å²) in [5.41, 5.74) is 10.4. The summed E-state index contributed by atoms with van der Waals surface area (Å²) in [4.78, 5) is 13.7. The number of hydrogen-bond acceptors (Lipinski definition) is 1. The summed E-state index contributed by atoms with van der Waals surface area (Å²) in [6.45, 7) is 27.5. The highest BCUT2D eigenvalue weighted by atomic mass is 16.1. The lowest BCUT2D eigenvalue weighted by Crippen LogP contribution is -2.24. The minimum atomic E-state index is -0.497. The molecule has 1 saturated carbocycles. The third-order valence-corrected chi connectivity index (χ3v) is 7.90. The molecule has 0 heterocycles. The lowest BCUT2D eigenvalue weighted by Gasteiger charge is -2.32. The van der Waals surface area contributed by atoms with Crippen LogP contribution < -0.4 is 0 Å². The maximum absolute atomic E-state index is 13.7. The standard InChI is InChI=1S/C33H48O/c1-18(2)24-13-26(20(5)6)31(27(14-24)21(7)8)33(17-30(33)34)32-28(22(9)10)15-25(19(3)4)16-29(32)23(11)12/h13-16,18-23H,17H2,1-12H3. The molecule has 0 aromatic heterocycles. The zero-order chi connectivity index (χ0) is 25.7. The van der Waals surface area contributed by atoms with Gasteiger partial charge < -0.3 is 0 Å². The van der Waals surface area contributed by atoms with Gasteiger partial charge in [0.05, 0.1) is 5.41 Å². The zero-order valence-corrected chi connectivity index (χ0v) is 23.9. The number of benzene rings is 2. The lowest BCUT2D eigenvalue weighted by molar-refractivity contribution is -0.111. The van der Waals surface area contributed by atoms with Gasteiger partial charge in [-0.2, -0.15) is 0 Å². The van der Waals surface area contributed by atoms with E-state index in [0.717, 1.165) is 0 Å². The smallest absolute Gasteiger partial charge is 0.149 e. The summed E-state index contributed by atoms with van der Waals surface area (Å²) in [5, 5.41) is 0. The third-order valence-electron chi connectivity index (χ3n) is 7.90. The second kappa shape index (κ2) is 9.63. The molecular weight excluding hydrogens is 412 g/mol. The van der Waals surface area contributed by atoms with Crippen LogP contribution in [0.3, 0.4) is 0 Å². The normalized spacial score (nSPS) is 15.6. The van der Waals surface area contributed by atoms with Crippen molar-refractivity contribution in [3.8, 4) is 0 Å². The van der Waals surface area contributed by atoms with E-state index in [2.05, 4.69) is 107 Å². The van der Waals surface area contributed by atoms with Crippen LogP contribution in [0.2, 0.25) is 0 Å². The fourth-order valence-corrected chi connectivity index (χ4v) is 5.67. The average molecular weight is 461 g/mol. The molecule has 2 aromatic rings. The molecule has 0 saturated heterocycles. The molecule has 34 heavy (non-hydrogen) atoms. The van der Waals surface area contributed by atoms with Crippen LogP contribution in [0.25, 0.3) is 0 Å². The van der Waals surface area contributed by atoms with Crippen molar-refractivity contribution in [1.82, 2.24) is 0 Å². The number of hydrogen-bond donors (Lipinski definition) is 0. The molecule has 186 valence electrons. The maximum Gasteiger partial charge on any atom is 0.149 e. The Balaban J connectivity index is 2.50. The van der Waals surface area contributed by atoms with Gasteiger partial charge in [-0.25, -0.2) is 0 Å². The molecule has 1 nitrogen and oxygen atoms in total. The molecule has 1 aliphatic rings. The Bertz CT molecular complexity index is 928. The monoisotopic (exact) mass is 460 g/mol. The highest BCUT2D eigenvalue weighted by Gasteiger charge is 2.60. The summed E-state index contributed by atoms with van der Waals surface area (Å²) in [5.74, 6) is 2.82. The van der Waals surface area contributed by atoms with Gasteiger partial charge in [-0.1, -0.05) is 107 Å². The fourth-order valence-electron chi connectivity index (χ4n) is 5.67. The maximum atomic E-state index is 13.7. The van der Waals surface area contributed by atoms with Crippen LogP contribution in [0.1, 0.15) is 170 Å². The van der Waals surface area contributed by atoms with Gasteiger partial charge in [0.1, 0.15) is 5.78 Å². The first-order chi connectivity index (χ1) is 15.7. The van der Waals surface area contributed by atoms with Crippen molar-refractivity contribution in [3.05, 3.63) is 68.8 Å². The minimum Gasteiger partial charge on any atom is -0.298 e. The lowest BCUT2D eigenvalue weighted by atomic mass is 9.70. The average Bonchev–Trinajstić information content (AvgIpc) is 3.42. The Labute approximate surface area is 209 Å². The van der Waals surface area contributed by atoms with E-state index in [1.807, 2.05) is 0 Å². The van der Waals surface area contributed by atoms with Gasteiger partial charge in [-0.3, -0.25) is 4.79 Å². The van der Waals surface area contributed by atoms with Crippen molar-refractivity contribution in [2.24, 2.45) is 0 Å². The number of rotatable bonds is 8. The van der Waals surface area contributed by atoms with Gasteiger partial charge in [0.15, 0.2) is 0 Å². The van der Waals surface area contributed by atoms with Crippen LogP contribution in [-0.2, 0) is 10.2 Å². The number of carbonyl (C=O) groups excluding carboxylic acids is 1. The van der Waals surface area contributed by atoms with Crippen molar-refractivity contribution in [2.45, 2.75) is 130 Å². The van der Waals surface area contributed by atoms with Gasteiger partial charge >= 0.3 is 0 Å². The zero-order valence-electron chi connectivity index (χ0n) is 23.9. The summed E-state index contributed by atoms with van der Waals surface area (Å²) in [7, 11) is 0. The van der Waals surface area contributed by atoms with Crippen LogP contribution >= 0.6 is 0 Å². The van der Waals surface area contributed by atoms with Crippen LogP contribution in [0, 0.1) is 0 Å². The Hall–Kier alpha value is -1.89. The number of Topliss-reactive ketones (excluding diaryl/α,β-unsaturated/α-hetero) is 1. The third kappa shape index (κ3) is 4.52. The first-order valence-electron chi connectivity index (χ1n) is 13.6. The Morgan fingerprint density at radius 3 is 0.882 bits per heavy atom. The molecule has 0 spiro atoms. The van der Waals surface area contributed by atoms with Gasteiger partial charge in [-0.05, 0) is 80.0 Å². The van der Waals surface area contributed by atoms with E-state index in [-0.39, 0.29) is 0 Å². The molecule has 2 aromatic carbocycles. The molecule has 1 aliphatic carbocycles. The summed E-state index contributed by atoms with van der Waals surface area (Å²) in [6.07, 6.45) is 0.633. The molecule has 0 aliphatic heterocycles. The molecule has 0 atom stereocenters. The van der Waals surface area contributed by atoms with Crippen molar-refractivity contribution >= 4 is 5.78 Å². The Morgan fingerprint density at radius 1 is 0.500 bits per heavy atom. The van der Waals surface area contributed by atoms with E-state index in [1.165, 1.54) is 44.5 Å². The molecule has 0 amide bonds. The van der Waals surface area contributed by atoms with Crippen molar-refractivity contribution in [3.63, 3.8) is 0 Å². The largest absolute Gasteiger partial charge is 0.298 e. The van der Waals surface area contributed by atoms with E-state index in [1.54, 1.807) is 0 Å². The summed E-state index contributed by atoms with van der Waals surface area (Å²) < 4.78 is 0. The molecule has 1 fully saturated rings. The molecule has 0 N–H and O–H groups in total. The van der Waals surface area contributed by atoms with Gasteiger partial charge in [0.2, 0.25) is 0 Å². The van der Waals surface area contributed by atoms with Gasteiger partial charge in [0.25, 0.3) is 0 Å². The van der Waals surface area contributed by atoms with Crippen molar-refractivity contribution in [1.29, 1.82) is 0 Å². The predicted molar refractivity (Wildman–Crippen MR) is 148 cm³/mol. The predicted octanol–water partition coefficient (Wildman–Crippen LogP) is 9.69. The van der Waals surface area contributed by atoms with E-state index < -0.39 is 5.41 Å². The first kappa shape index (κ1) is 26.7. The highest BCUT2D eigenvalue weighted by molar-refractivity contribution is 6.11. The van der Waals surface area contributed by atoms with E-state index in [0.29, 0.717) is 47.7 Å². The van der Waals surface area contributed by atoms with E-state index >= 15 is 0 Å². The van der Waals surface area contributed by atoms with Crippen molar-refractivity contribution < 1.29 is 4.79 Å². The van der Waals surface area contributed by atoms with Crippen LogP contribution in [0.5, 0.6) is 0 Å². The van der Waals surface area contributed by atoms with Crippen LogP contribution in [0.4, 0.5) is 0 Å². The SMILES string of the molecule is CC(C)c1cc(C(C)C)c(C2(c3c(C(C)C)cc(C(C)C)cc3C(C)C)CC2=O)c(C(C)C)c1. The number of carbonyl (C=O) groups is 1.